The highest BCUT2D eigenvalue weighted by Gasteiger charge is 2.15. The second-order valence-electron chi connectivity index (χ2n) is 5.98. The lowest BCUT2D eigenvalue weighted by molar-refractivity contribution is 0.405. The van der Waals surface area contributed by atoms with E-state index in [0.29, 0.717) is 12.0 Å². The van der Waals surface area contributed by atoms with Crippen LogP contribution in [0.15, 0.2) is 42.6 Å². The smallest absolute Gasteiger partial charge is 0.0364 e. The molecule has 0 saturated heterocycles. The first-order chi connectivity index (χ1) is 10.2. The van der Waals surface area contributed by atoms with Gasteiger partial charge in [-0.3, -0.25) is 0 Å². The van der Waals surface area contributed by atoms with Gasteiger partial charge in [0.05, 0.1) is 0 Å². The van der Waals surface area contributed by atoms with Gasteiger partial charge in [-0.2, -0.15) is 0 Å². The summed E-state index contributed by atoms with van der Waals surface area (Å²) in [7, 11) is 0. The standard InChI is InChI=1S/C19H28N2/c1-5-16-9-11-17(12-10-16)19(15(3)4)20-14-18-8-7-13-21(18)6-2/h7-13,15,19-20H,5-6,14H2,1-4H3. The highest BCUT2D eigenvalue weighted by Crippen LogP contribution is 2.23. The fourth-order valence-electron chi connectivity index (χ4n) is 2.83. The van der Waals surface area contributed by atoms with Crippen molar-refractivity contribution in [1.82, 2.24) is 9.88 Å². The van der Waals surface area contributed by atoms with Gasteiger partial charge >= 0.3 is 0 Å². The van der Waals surface area contributed by atoms with Crippen molar-refractivity contribution in [1.29, 1.82) is 0 Å². The summed E-state index contributed by atoms with van der Waals surface area (Å²) in [6, 6.07) is 13.8. The molecule has 114 valence electrons. The van der Waals surface area contributed by atoms with Crippen LogP contribution >= 0.6 is 0 Å². The summed E-state index contributed by atoms with van der Waals surface area (Å²) in [4.78, 5) is 0. The molecule has 1 heterocycles. The average Bonchev–Trinajstić information content (AvgIpc) is 2.95. The van der Waals surface area contributed by atoms with Crippen molar-refractivity contribution in [3.05, 3.63) is 59.4 Å². The summed E-state index contributed by atoms with van der Waals surface area (Å²) in [6.45, 7) is 10.9. The third-order valence-corrected chi connectivity index (χ3v) is 4.18. The summed E-state index contributed by atoms with van der Waals surface area (Å²) in [5.41, 5.74) is 4.14. The first-order valence-corrected chi connectivity index (χ1v) is 8.12. The first kappa shape index (κ1) is 15.8. The zero-order valence-electron chi connectivity index (χ0n) is 13.8. The Kier molecular flexibility index (Phi) is 5.63. The molecule has 1 atom stereocenters. The molecule has 1 aromatic heterocycles. The fourth-order valence-corrected chi connectivity index (χ4v) is 2.83. The van der Waals surface area contributed by atoms with E-state index < -0.39 is 0 Å². The lowest BCUT2D eigenvalue weighted by Crippen LogP contribution is -2.26. The van der Waals surface area contributed by atoms with Gasteiger partial charge in [0.15, 0.2) is 0 Å². The summed E-state index contributed by atoms with van der Waals surface area (Å²) >= 11 is 0. The van der Waals surface area contributed by atoms with E-state index >= 15 is 0 Å². The van der Waals surface area contributed by atoms with E-state index in [9.17, 15) is 0 Å². The molecule has 1 aromatic carbocycles. The molecular weight excluding hydrogens is 256 g/mol. The Morgan fingerprint density at radius 1 is 1.05 bits per heavy atom. The largest absolute Gasteiger partial charge is 0.351 e. The van der Waals surface area contributed by atoms with Crippen LogP contribution in [0.5, 0.6) is 0 Å². The van der Waals surface area contributed by atoms with E-state index in [1.165, 1.54) is 16.8 Å². The van der Waals surface area contributed by atoms with Crippen molar-refractivity contribution >= 4 is 0 Å². The highest BCUT2D eigenvalue weighted by molar-refractivity contribution is 5.25. The van der Waals surface area contributed by atoms with Crippen LogP contribution in [-0.4, -0.2) is 4.57 Å². The number of benzene rings is 1. The van der Waals surface area contributed by atoms with Crippen LogP contribution in [0.25, 0.3) is 0 Å². The molecule has 0 aliphatic rings. The molecule has 21 heavy (non-hydrogen) atoms. The van der Waals surface area contributed by atoms with E-state index in [0.717, 1.165) is 19.5 Å². The van der Waals surface area contributed by atoms with Crippen LogP contribution in [0.3, 0.4) is 0 Å². The molecule has 2 nitrogen and oxygen atoms in total. The van der Waals surface area contributed by atoms with E-state index in [1.807, 2.05) is 0 Å². The molecule has 0 aliphatic heterocycles. The summed E-state index contributed by atoms with van der Waals surface area (Å²) in [5, 5.41) is 3.73. The van der Waals surface area contributed by atoms with Crippen molar-refractivity contribution in [2.24, 2.45) is 5.92 Å². The van der Waals surface area contributed by atoms with Gasteiger partial charge in [-0.15, -0.1) is 0 Å². The van der Waals surface area contributed by atoms with E-state index in [2.05, 4.69) is 80.2 Å². The minimum absolute atomic E-state index is 0.399. The van der Waals surface area contributed by atoms with Crippen LogP contribution in [0.2, 0.25) is 0 Å². The van der Waals surface area contributed by atoms with Gasteiger partial charge in [-0.25, -0.2) is 0 Å². The molecule has 2 aromatic rings. The Hall–Kier alpha value is -1.54. The topological polar surface area (TPSA) is 17.0 Å². The fraction of sp³-hybridized carbons (Fsp3) is 0.474. The Balaban J connectivity index is 2.08. The maximum Gasteiger partial charge on any atom is 0.0364 e. The molecule has 0 spiro atoms. The molecule has 0 radical (unpaired) electrons. The van der Waals surface area contributed by atoms with Crippen LogP contribution < -0.4 is 5.32 Å². The van der Waals surface area contributed by atoms with E-state index in [-0.39, 0.29) is 0 Å². The van der Waals surface area contributed by atoms with Gasteiger partial charge in [0.25, 0.3) is 0 Å². The Morgan fingerprint density at radius 2 is 1.76 bits per heavy atom. The molecule has 0 bridgehead atoms. The van der Waals surface area contributed by atoms with Gasteiger partial charge in [-0.1, -0.05) is 45.0 Å². The second kappa shape index (κ2) is 7.46. The second-order valence-corrected chi connectivity index (χ2v) is 5.98. The number of nitrogens with zero attached hydrogens (tertiary/aromatic N) is 1. The monoisotopic (exact) mass is 284 g/mol. The number of nitrogens with one attached hydrogen (secondary N) is 1. The van der Waals surface area contributed by atoms with Crippen LogP contribution in [0.4, 0.5) is 0 Å². The maximum absolute atomic E-state index is 3.73. The van der Waals surface area contributed by atoms with Crippen molar-refractivity contribution in [2.45, 2.75) is 53.2 Å². The molecule has 0 fully saturated rings. The van der Waals surface area contributed by atoms with Crippen molar-refractivity contribution < 1.29 is 0 Å². The summed E-state index contributed by atoms with van der Waals surface area (Å²) in [6.07, 6.45) is 3.25. The zero-order chi connectivity index (χ0) is 15.2. The van der Waals surface area contributed by atoms with Gasteiger partial charge in [-0.05, 0) is 42.5 Å². The first-order valence-electron chi connectivity index (χ1n) is 8.12. The molecule has 0 amide bonds. The molecule has 2 rings (SSSR count). The molecule has 2 heteroatoms. The zero-order valence-corrected chi connectivity index (χ0v) is 13.8. The minimum atomic E-state index is 0.399. The van der Waals surface area contributed by atoms with E-state index in [1.54, 1.807) is 0 Å². The number of aromatic nitrogens is 1. The van der Waals surface area contributed by atoms with Gasteiger partial charge in [0, 0.05) is 31.0 Å². The molecule has 0 aliphatic carbocycles. The number of hydrogen-bond acceptors (Lipinski definition) is 1. The lowest BCUT2D eigenvalue weighted by atomic mass is 9.95. The summed E-state index contributed by atoms with van der Waals surface area (Å²) in [5.74, 6) is 0.572. The third kappa shape index (κ3) is 3.98. The third-order valence-electron chi connectivity index (χ3n) is 4.18. The molecule has 0 saturated carbocycles. The minimum Gasteiger partial charge on any atom is -0.351 e. The van der Waals surface area contributed by atoms with Gasteiger partial charge in [0.2, 0.25) is 0 Å². The van der Waals surface area contributed by atoms with Crippen LogP contribution in [0, 0.1) is 5.92 Å². The number of hydrogen-bond donors (Lipinski definition) is 1. The number of rotatable bonds is 7. The van der Waals surface area contributed by atoms with Crippen molar-refractivity contribution in [3.8, 4) is 0 Å². The van der Waals surface area contributed by atoms with Crippen LogP contribution in [-0.2, 0) is 19.5 Å². The normalized spacial score (nSPS) is 12.8. The van der Waals surface area contributed by atoms with Gasteiger partial charge in [0.1, 0.15) is 0 Å². The molecular formula is C19H28N2. The Labute approximate surface area is 129 Å². The lowest BCUT2D eigenvalue weighted by Gasteiger charge is -2.23. The Bertz CT molecular complexity index is 537. The summed E-state index contributed by atoms with van der Waals surface area (Å²) < 4.78 is 2.30. The average molecular weight is 284 g/mol. The van der Waals surface area contributed by atoms with E-state index in [4.69, 9.17) is 0 Å². The quantitative estimate of drug-likeness (QED) is 0.789. The predicted octanol–water partition coefficient (Wildman–Crippen LogP) is 4.56. The highest BCUT2D eigenvalue weighted by atomic mass is 15.0. The Morgan fingerprint density at radius 3 is 2.33 bits per heavy atom. The predicted molar refractivity (Wildman–Crippen MR) is 90.3 cm³/mol. The van der Waals surface area contributed by atoms with Crippen LogP contribution in [0.1, 0.15) is 50.6 Å². The molecule has 1 N–H and O–H groups in total. The molecule has 1 unspecified atom stereocenters. The van der Waals surface area contributed by atoms with Gasteiger partial charge < -0.3 is 9.88 Å². The SMILES string of the molecule is CCc1ccc(C(NCc2cccn2CC)C(C)C)cc1. The van der Waals surface area contributed by atoms with Crippen molar-refractivity contribution in [3.63, 3.8) is 0 Å². The number of aryl methyl sites for hydroxylation is 2. The maximum atomic E-state index is 3.73. The van der Waals surface area contributed by atoms with Crippen molar-refractivity contribution in [2.75, 3.05) is 0 Å².